The van der Waals surface area contributed by atoms with E-state index in [2.05, 4.69) is 126 Å². The Balaban J connectivity index is 0.885. The van der Waals surface area contributed by atoms with Crippen molar-refractivity contribution in [2.45, 2.75) is 0 Å². The monoisotopic (exact) mass is 791 g/mol. The number of fused-ring (bicyclic) bond motifs is 6. The molecule has 0 amide bonds. The van der Waals surface area contributed by atoms with Gasteiger partial charge >= 0.3 is 0 Å². The van der Waals surface area contributed by atoms with Gasteiger partial charge in [0.1, 0.15) is 5.69 Å². The summed E-state index contributed by atoms with van der Waals surface area (Å²) in [5.74, 6) is 1.73. The molecule has 0 fully saturated rings. The van der Waals surface area contributed by atoms with Crippen molar-refractivity contribution in [1.82, 2.24) is 34.9 Å². The van der Waals surface area contributed by atoms with Crippen molar-refractivity contribution >= 4 is 54.4 Å². The first-order chi connectivity index (χ1) is 30.7. The van der Waals surface area contributed by atoms with Crippen LogP contribution in [0.3, 0.4) is 0 Å². The lowest BCUT2D eigenvalue weighted by molar-refractivity contribution is 1.06. The Bertz CT molecular complexity index is 3640. The van der Waals surface area contributed by atoms with Crippen molar-refractivity contribution in [2.24, 2.45) is 0 Å². The molecule has 62 heavy (non-hydrogen) atoms. The van der Waals surface area contributed by atoms with Crippen molar-refractivity contribution in [3.63, 3.8) is 0 Å². The van der Waals surface area contributed by atoms with E-state index in [1.165, 1.54) is 0 Å². The first-order valence-electron chi connectivity index (χ1n) is 20.5. The maximum absolute atomic E-state index is 5.21. The molecule has 0 N–H and O–H groups in total. The van der Waals surface area contributed by atoms with Crippen molar-refractivity contribution in [3.8, 4) is 67.9 Å². The Morgan fingerprint density at radius 2 is 0.806 bits per heavy atom. The second-order valence-corrected chi connectivity index (χ2v) is 15.4. The number of pyridine rings is 4. The molecule has 12 rings (SSSR count). The molecule has 288 valence electrons. The summed E-state index contributed by atoms with van der Waals surface area (Å²) in [5, 5.41) is 6.49. The molecule has 5 aromatic heterocycles. The van der Waals surface area contributed by atoms with E-state index in [1.807, 2.05) is 79.0 Å². The van der Waals surface area contributed by atoms with Crippen molar-refractivity contribution in [2.75, 3.05) is 0 Å². The Labute approximate surface area is 356 Å². The normalized spacial score (nSPS) is 11.5. The van der Waals surface area contributed by atoms with Gasteiger partial charge in [-0.05, 0) is 64.4 Å². The van der Waals surface area contributed by atoms with Crippen LogP contribution >= 0.6 is 0 Å². The van der Waals surface area contributed by atoms with Gasteiger partial charge in [-0.1, -0.05) is 152 Å². The third-order valence-electron chi connectivity index (χ3n) is 11.6. The fourth-order valence-electron chi connectivity index (χ4n) is 8.42. The van der Waals surface area contributed by atoms with E-state index in [4.69, 9.17) is 29.9 Å². The van der Waals surface area contributed by atoms with Crippen molar-refractivity contribution in [1.29, 1.82) is 0 Å². The molecule has 5 heterocycles. The lowest BCUT2D eigenvalue weighted by Crippen LogP contribution is -2.01. The summed E-state index contributed by atoms with van der Waals surface area (Å²) in [6.45, 7) is 0. The van der Waals surface area contributed by atoms with Crippen LogP contribution in [0.4, 0.5) is 0 Å². The first-order valence-corrected chi connectivity index (χ1v) is 20.5. The second-order valence-electron chi connectivity index (χ2n) is 15.4. The van der Waals surface area contributed by atoms with Gasteiger partial charge in [0.05, 0.1) is 33.5 Å². The van der Waals surface area contributed by atoms with Crippen LogP contribution in [-0.4, -0.2) is 34.9 Å². The number of aromatic nitrogens is 7. The molecule has 7 heteroatoms. The van der Waals surface area contributed by atoms with Crippen LogP contribution in [0.15, 0.2) is 200 Å². The minimum atomic E-state index is 0.525. The van der Waals surface area contributed by atoms with Crippen LogP contribution in [0.2, 0.25) is 0 Å². The van der Waals surface area contributed by atoms with E-state index in [1.54, 1.807) is 0 Å². The molecule has 0 unspecified atom stereocenters. The minimum absolute atomic E-state index is 0.525. The standard InChI is InChI=1S/C55H33N7/c1-3-10-37(11-4-1)53-60-54(38-12-5-2-6-13-38)62-55(61-53)49-30-21-34-17-20-40(33-50(34)58-49)39-23-27-46-41(32-39)24-29-47(57-46)44-25-26-45(43-16-8-7-15-42(43)44)48-28-22-36-19-18-35-14-9-31-56-51(35)52(36)59-48/h1-33H. The summed E-state index contributed by atoms with van der Waals surface area (Å²) >= 11 is 0. The van der Waals surface area contributed by atoms with Gasteiger partial charge in [-0.2, -0.15) is 0 Å². The summed E-state index contributed by atoms with van der Waals surface area (Å²) in [7, 11) is 0. The summed E-state index contributed by atoms with van der Waals surface area (Å²) in [4.78, 5) is 34.8. The third kappa shape index (κ3) is 6.28. The zero-order valence-corrected chi connectivity index (χ0v) is 33.2. The van der Waals surface area contributed by atoms with Crippen LogP contribution in [0.25, 0.3) is 122 Å². The average molecular weight is 792 g/mol. The van der Waals surface area contributed by atoms with Crippen LogP contribution in [0.5, 0.6) is 0 Å². The third-order valence-corrected chi connectivity index (χ3v) is 11.6. The topological polar surface area (TPSA) is 90.2 Å². The highest BCUT2D eigenvalue weighted by Crippen LogP contribution is 2.37. The molecule has 7 nitrogen and oxygen atoms in total. The Hall–Kier alpha value is -8.55. The molecule has 0 aliphatic rings. The van der Waals surface area contributed by atoms with Crippen molar-refractivity contribution < 1.29 is 0 Å². The molecule has 0 radical (unpaired) electrons. The largest absolute Gasteiger partial charge is 0.254 e. The summed E-state index contributed by atoms with van der Waals surface area (Å²) in [6, 6.07) is 66.5. The molecule has 0 aliphatic heterocycles. The summed E-state index contributed by atoms with van der Waals surface area (Å²) in [5.41, 5.74) is 12.2. The van der Waals surface area contributed by atoms with E-state index >= 15 is 0 Å². The van der Waals surface area contributed by atoms with Gasteiger partial charge in [-0.25, -0.2) is 29.9 Å². The number of hydrogen-bond acceptors (Lipinski definition) is 7. The molecule has 7 aromatic carbocycles. The summed E-state index contributed by atoms with van der Waals surface area (Å²) in [6.07, 6.45) is 1.83. The number of nitrogens with zero attached hydrogens (tertiary/aromatic N) is 7. The molecular weight excluding hydrogens is 759 g/mol. The lowest BCUT2D eigenvalue weighted by Gasteiger charge is -2.13. The van der Waals surface area contributed by atoms with E-state index in [9.17, 15) is 0 Å². The van der Waals surface area contributed by atoms with Gasteiger partial charge in [0.15, 0.2) is 17.5 Å². The van der Waals surface area contributed by atoms with Gasteiger partial charge < -0.3 is 0 Å². The highest BCUT2D eigenvalue weighted by atomic mass is 15.0. The van der Waals surface area contributed by atoms with E-state index in [0.717, 1.165) is 99.2 Å². The van der Waals surface area contributed by atoms with Crippen LogP contribution in [0, 0.1) is 0 Å². The number of hydrogen-bond donors (Lipinski definition) is 0. The Morgan fingerprint density at radius 3 is 1.53 bits per heavy atom. The number of rotatable bonds is 6. The summed E-state index contributed by atoms with van der Waals surface area (Å²) < 4.78 is 0. The van der Waals surface area contributed by atoms with E-state index in [0.29, 0.717) is 23.2 Å². The minimum Gasteiger partial charge on any atom is -0.254 e. The zero-order chi connectivity index (χ0) is 41.0. The second kappa shape index (κ2) is 14.6. The SMILES string of the molecule is c1ccc(-c2nc(-c3ccccc3)nc(-c3ccc4ccc(-c5ccc6nc(-c7ccc(-c8ccc9ccc%10cccnc%10c9n8)c8ccccc78)ccc6c5)cc4n3)n2)cc1. The lowest BCUT2D eigenvalue weighted by atomic mass is 9.95. The zero-order valence-electron chi connectivity index (χ0n) is 33.2. The fraction of sp³-hybridized carbons (Fsp3) is 0. The van der Waals surface area contributed by atoms with Gasteiger partial charge in [0.25, 0.3) is 0 Å². The van der Waals surface area contributed by atoms with Crippen molar-refractivity contribution in [3.05, 3.63) is 200 Å². The molecule has 0 saturated carbocycles. The molecule has 0 spiro atoms. The number of benzene rings is 7. The maximum Gasteiger partial charge on any atom is 0.182 e. The molecular formula is C55H33N7. The quantitative estimate of drug-likeness (QED) is 0.155. The van der Waals surface area contributed by atoms with Gasteiger partial charge in [0.2, 0.25) is 0 Å². The van der Waals surface area contributed by atoms with Gasteiger partial charge in [-0.3, -0.25) is 4.98 Å². The van der Waals surface area contributed by atoms with E-state index in [-0.39, 0.29) is 0 Å². The van der Waals surface area contributed by atoms with Gasteiger partial charge in [0, 0.05) is 50.0 Å². The highest BCUT2D eigenvalue weighted by Gasteiger charge is 2.16. The molecule has 0 atom stereocenters. The predicted molar refractivity (Wildman–Crippen MR) is 251 cm³/mol. The highest BCUT2D eigenvalue weighted by molar-refractivity contribution is 6.07. The molecule has 0 bridgehead atoms. The van der Waals surface area contributed by atoms with Crippen LogP contribution < -0.4 is 0 Å². The first kappa shape index (κ1) is 35.4. The molecule has 0 aliphatic carbocycles. The fourth-order valence-corrected chi connectivity index (χ4v) is 8.42. The van der Waals surface area contributed by atoms with Crippen LogP contribution in [-0.2, 0) is 0 Å². The Kier molecular flexibility index (Phi) is 8.35. The average Bonchev–Trinajstić information content (AvgIpc) is 3.35. The smallest absolute Gasteiger partial charge is 0.182 e. The Morgan fingerprint density at radius 1 is 0.274 bits per heavy atom. The maximum atomic E-state index is 5.21. The van der Waals surface area contributed by atoms with Gasteiger partial charge in [-0.15, -0.1) is 0 Å². The molecule has 0 saturated heterocycles. The van der Waals surface area contributed by atoms with E-state index < -0.39 is 0 Å². The predicted octanol–water partition coefficient (Wildman–Crippen LogP) is 13.2. The molecule has 12 aromatic rings. The van der Waals surface area contributed by atoms with Crippen LogP contribution in [0.1, 0.15) is 0 Å².